The van der Waals surface area contributed by atoms with E-state index in [-0.39, 0.29) is 5.89 Å². The monoisotopic (exact) mass is 281 g/mol. The van der Waals surface area contributed by atoms with Gasteiger partial charge in [-0.2, -0.15) is 10.1 Å². The molecule has 0 fully saturated rings. The van der Waals surface area contributed by atoms with Crippen LogP contribution in [0.25, 0.3) is 23.0 Å². The molecular formula is C14H11N5O2. The van der Waals surface area contributed by atoms with Crippen LogP contribution in [0.1, 0.15) is 16.1 Å². The van der Waals surface area contributed by atoms with Crippen molar-refractivity contribution >= 4 is 5.91 Å². The van der Waals surface area contributed by atoms with Crippen molar-refractivity contribution in [3.63, 3.8) is 0 Å². The molecule has 0 saturated heterocycles. The summed E-state index contributed by atoms with van der Waals surface area (Å²) in [6.45, 7) is 1.83. The fraction of sp³-hybridized carbons (Fsp3) is 0.0714. The van der Waals surface area contributed by atoms with Crippen molar-refractivity contribution in [1.82, 2.24) is 20.3 Å². The molecular weight excluding hydrogens is 270 g/mol. The lowest BCUT2D eigenvalue weighted by molar-refractivity contribution is 0.100. The maximum absolute atomic E-state index is 11.4. The minimum Gasteiger partial charge on any atom is -0.366 e. The van der Waals surface area contributed by atoms with Gasteiger partial charge in [-0.15, -0.1) is 5.10 Å². The van der Waals surface area contributed by atoms with Crippen LogP contribution < -0.4 is 5.73 Å². The highest BCUT2D eigenvalue weighted by Gasteiger charge is 2.16. The molecule has 0 radical (unpaired) electrons. The zero-order valence-corrected chi connectivity index (χ0v) is 11.1. The third kappa shape index (κ3) is 2.48. The third-order valence-electron chi connectivity index (χ3n) is 2.88. The first-order chi connectivity index (χ1) is 10.1. The van der Waals surface area contributed by atoms with Gasteiger partial charge in [-0.1, -0.05) is 17.3 Å². The lowest BCUT2D eigenvalue weighted by Crippen LogP contribution is -2.12. The number of nitrogens with zero attached hydrogens (tertiary/aromatic N) is 4. The Labute approximate surface area is 119 Å². The number of hydrogen-bond acceptors (Lipinski definition) is 6. The number of rotatable bonds is 3. The van der Waals surface area contributed by atoms with Gasteiger partial charge < -0.3 is 10.3 Å². The fourth-order valence-electron chi connectivity index (χ4n) is 1.84. The Balaban J connectivity index is 2.03. The molecule has 0 unspecified atom stereocenters. The molecule has 1 amide bonds. The molecule has 7 nitrogen and oxygen atoms in total. The quantitative estimate of drug-likeness (QED) is 0.781. The number of primary amides is 1. The minimum absolute atomic E-state index is 0.210. The van der Waals surface area contributed by atoms with Gasteiger partial charge in [-0.05, 0) is 31.2 Å². The van der Waals surface area contributed by atoms with Crippen LogP contribution in [-0.4, -0.2) is 26.2 Å². The molecule has 2 N–H and O–H groups in total. The van der Waals surface area contributed by atoms with Gasteiger partial charge in [0, 0.05) is 0 Å². The maximum Gasteiger partial charge on any atom is 0.259 e. The maximum atomic E-state index is 11.4. The minimum atomic E-state index is -0.555. The summed E-state index contributed by atoms with van der Waals surface area (Å²) in [5.74, 6) is -0.0426. The average molecular weight is 281 g/mol. The van der Waals surface area contributed by atoms with Crippen LogP contribution in [0.15, 0.2) is 40.9 Å². The molecule has 0 aliphatic carbocycles. The first kappa shape index (κ1) is 12.9. The highest BCUT2D eigenvalue weighted by atomic mass is 16.5. The Morgan fingerprint density at radius 3 is 2.67 bits per heavy atom. The number of carbonyl (C=O) groups excluding carboxylic acids is 1. The van der Waals surface area contributed by atoms with Crippen LogP contribution >= 0.6 is 0 Å². The molecule has 2 heterocycles. The number of carbonyl (C=O) groups is 1. The largest absolute Gasteiger partial charge is 0.366 e. The number of aryl methyl sites for hydroxylation is 1. The van der Waals surface area contributed by atoms with Crippen LogP contribution in [0, 0.1) is 6.92 Å². The highest BCUT2D eigenvalue weighted by molar-refractivity contribution is 5.98. The summed E-state index contributed by atoms with van der Waals surface area (Å²) in [5, 5.41) is 11.8. The molecule has 0 aliphatic rings. The van der Waals surface area contributed by atoms with E-state index >= 15 is 0 Å². The number of aromatic nitrogens is 4. The van der Waals surface area contributed by atoms with Crippen LogP contribution in [0.5, 0.6) is 0 Å². The second-order valence-corrected chi connectivity index (χ2v) is 4.39. The van der Waals surface area contributed by atoms with E-state index in [0.717, 1.165) is 5.69 Å². The number of amides is 1. The Kier molecular flexibility index (Phi) is 3.15. The van der Waals surface area contributed by atoms with E-state index in [4.69, 9.17) is 10.3 Å². The number of nitrogens with two attached hydrogens (primary N) is 1. The summed E-state index contributed by atoms with van der Waals surface area (Å²) < 4.78 is 5.19. The zero-order chi connectivity index (χ0) is 14.8. The van der Waals surface area contributed by atoms with Gasteiger partial charge in [-0.25, -0.2) is 0 Å². The summed E-state index contributed by atoms with van der Waals surface area (Å²) in [5.41, 5.74) is 7.43. The van der Waals surface area contributed by atoms with Crippen molar-refractivity contribution < 1.29 is 9.32 Å². The summed E-state index contributed by atoms with van der Waals surface area (Å²) in [6.07, 6.45) is 0. The molecule has 7 heteroatoms. The molecule has 3 aromatic rings. The molecule has 0 atom stereocenters. The molecule has 0 spiro atoms. The topological polar surface area (TPSA) is 108 Å². The average Bonchev–Trinajstić information content (AvgIpc) is 2.97. The summed E-state index contributed by atoms with van der Waals surface area (Å²) in [6, 6.07) is 10.3. The highest BCUT2D eigenvalue weighted by Crippen LogP contribution is 2.24. The fourth-order valence-corrected chi connectivity index (χ4v) is 1.84. The van der Waals surface area contributed by atoms with E-state index < -0.39 is 5.91 Å². The molecule has 0 aliphatic heterocycles. The van der Waals surface area contributed by atoms with Crippen molar-refractivity contribution in [1.29, 1.82) is 0 Å². The molecule has 1 aromatic carbocycles. The Bertz CT molecular complexity index is 795. The van der Waals surface area contributed by atoms with Gasteiger partial charge in [0.05, 0.1) is 16.8 Å². The van der Waals surface area contributed by atoms with Crippen molar-refractivity contribution in [2.75, 3.05) is 0 Å². The van der Waals surface area contributed by atoms with Crippen molar-refractivity contribution in [2.45, 2.75) is 6.92 Å². The lowest BCUT2D eigenvalue weighted by atomic mass is 10.1. The van der Waals surface area contributed by atoms with E-state index in [1.54, 1.807) is 36.4 Å². The van der Waals surface area contributed by atoms with Crippen LogP contribution in [0.3, 0.4) is 0 Å². The third-order valence-corrected chi connectivity index (χ3v) is 2.88. The van der Waals surface area contributed by atoms with Gasteiger partial charge in [0.15, 0.2) is 0 Å². The molecule has 0 bridgehead atoms. The number of benzene rings is 1. The smallest absolute Gasteiger partial charge is 0.259 e. The van der Waals surface area contributed by atoms with Crippen molar-refractivity contribution in [3.8, 4) is 23.0 Å². The second kappa shape index (κ2) is 5.12. The SMILES string of the molecule is Cc1ccc(-c2noc(-c3ccccc3C(N)=O)n2)nn1. The van der Waals surface area contributed by atoms with Gasteiger partial charge in [-0.3, -0.25) is 4.79 Å². The summed E-state index contributed by atoms with van der Waals surface area (Å²) in [4.78, 5) is 15.7. The predicted octanol–water partition coefficient (Wildman–Crippen LogP) is 1.60. The van der Waals surface area contributed by atoms with E-state index in [1.165, 1.54) is 0 Å². The molecule has 0 saturated carbocycles. The summed E-state index contributed by atoms with van der Waals surface area (Å²) >= 11 is 0. The lowest BCUT2D eigenvalue weighted by Gasteiger charge is -2.00. The first-order valence-corrected chi connectivity index (χ1v) is 6.19. The van der Waals surface area contributed by atoms with Gasteiger partial charge in [0.25, 0.3) is 5.89 Å². The number of hydrogen-bond donors (Lipinski definition) is 1. The molecule has 2 aromatic heterocycles. The van der Waals surface area contributed by atoms with Gasteiger partial charge >= 0.3 is 0 Å². The molecule has 21 heavy (non-hydrogen) atoms. The Morgan fingerprint density at radius 2 is 1.95 bits per heavy atom. The van der Waals surface area contributed by atoms with Crippen molar-refractivity contribution in [3.05, 3.63) is 47.7 Å². The van der Waals surface area contributed by atoms with Crippen LogP contribution in [-0.2, 0) is 0 Å². The Hall–Kier alpha value is -3.09. The van der Waals surface area contributed by atoms with E-state index in [2.05, 4.69) is 20.3 Å². The molecule has 104 valence electrons. The van der Waals surface area contributed by atoms with Gasteiger partial charge in [0.1, 0.15) is 5.69 Å². The molecule has 3 rings (SSSR count). The zero-order valence-electron chi connectivity index (χ0n) is 11.1. The normalized spacial score (nSPS) is 10.5. The predicted molar refractivity (Wildman–Crippen MR) is 74.0 cm³/mol. The Morgan fingerprint density at radius 1 is 1.14 bits per heavy atom. The van der Waals surface area contributed by atoms with Gasteiger partial charge in [0.2, 0.25) is 11.7 Å². The van der Waals surface area contributed by atoms with Crippen LogP contribution in [0.4, 0.5) is 0 Å². The van der Waals surface area contributed by atoms with E-state index in [1.807, 2.05) is 6.92 Å². The van der Waals surface area contributed by atoms with Crippen LogP contribution in [0.2, 0.25) is 0 Å². The van der Waals surface area contributed by atoms with E-state index in [9.17, 15) is 4.79 Å². The standard InChI is InChI=1S/C14H11N5O2/c1-8-6-7-11(18-17-8)13-16-14(21-19-13)10-5-3-2-4-9(10)12(15)20/h2-7H,1H3,(H2,15,20). The van der Waals surface area contributed by atoms with E-state index in [0.29, 0.717) is 22.6 Å². The summed E-state index contributed by atoms with van der Waals surface area (Å²) in [7, 11) is 0. The first-order valence-electron chi connectivity index (χ1n) is 6.19. The van der Waals surface area contributed by atoms with Crippen molar-refractivity contribution in [2.24, 2.45) is 5.73 Å². The second-order valence-electron chi connectivity index (χ2n) is 4.39.